The summed E-state index contributed by atoms with van der Waals surface area (Å²) in [5, 5.41) is 6.70. The summed E-state index contributed by atoms with van der Waals surface area (Å²) >= 11 is 5.89. The van der Waals surface area contributed by atoms with Gasteiger partial charge in [0.05, 0.1) is 45.7 Å². The van der Waals surface area contributed by atoms with Crippen molar-refractivity contribution in [1.29, 1.82) is 0 Å². The smallest absolute Gasteiger partial charge is 0.196 e. The number of carbonyl (C=O) groups excluding carboxylic acids is 1. The van der Waals surface area contributed by atoms with Crippen molar-refractivity contribution in [3.05, 3.63) is 52.3 Å². The van der Waals surface area contributed by atoms with Crippen LogP contribution in [0.2, 0.25) is 5.02 Å². The van der Waals surface area contributed by atoms with Crippen LogP contribution in [0.4, 0.5) is 20.2 Å². The Morgan fingerprint density at radius 1 is 1.36 bits per heavy atom. The first-order chi connectivity index (χ1) is 13.3. The van der Waals surface area contributed by atoms with Crippen molar-refractivity contribution in [2.24, 2.45) is 0 Å². The molecule has 3 heterocycles. The van der Waals surface area contributed by atoms with E-state index in [1.807, 2.05) is 6.92 Å². The number of ether oxygens (including phenoxy) is 1. The first-order valence-electron chi connectivity index (χ1n) is 8.54. The third-order valence-electron chi connectivity index (χ3n) is 4.78. The van der Waals surface area contributed by atoms with Gasteiger partial charge in [0.1, 0.15) is 5.65 Å². The van der Waals surface area contributed by atoms with E-state index in [2.05, 4.69) is 20.6 Å². The van der Waals surface area contributed by atoms with Crippen molar-refractivity contribution in [2.45, 2.75) is 12.5 Å². The Morgan fingerprint density at radius 3 is 2.89 bits per heavy atom. The molecule has 0 fully saturated rings. The molecule has 9 heteroatoms. The monoisotopic (exact) mass is 406 g/mol. The second-order valence-electron chi connectivity index (χ2n) is 7.00. The maximum Gasteiger partial charge on any atom is 0.196 e. The van der Waals surface area contributed by atoms with Crippen LogP contribution in [0.25, 0.3) is 11.0 Å². The van der Waals surface area contributed by atoms with E-state index in [1.54, 1.807) is 13.3 Å². The van der Waals surface area contributed by atoms with E-state index in [4.69, 9.17) is 16.3 Å². The molecule has 1 atom stereocenters. The van der Waals surface area contributed by atoms with Crippen LogP contribution in [0.1, 0.15) is 22.8 Å². The average molecular weight is 407 g/mol. The maximum absolute atomic E-state index is 13.9. The predicted molar refractivity (Wildman–Crippen MR) is 103 cm³/mol. The van der Waals surface area contributed by atoms with Crippen LogP contribution in [0, 0.1) is 11.6 Å². The number of nitrogens with one attached hydrogen (secondary N) is 3. The molecule has 6 nitrogen and oxygen atoms in total. The first kappa shape index (κ1) is 18.6. The van der Waals surface area contributed by atoms with Gasteiger partial charge in [0.15, 0.2) is 17.4 Å². The molecule has 146 valence electrons. The van der Waals surface area contributed by atoms with E-state index in [0.717, 1.165) is 11.8 Å². The van der Waals surface area contributed by atoms with Crippen LogP contribution in [0.3, 0.4) is 0 Å². The highest BCUT2D eigenvalue weighted by Crippen LogP contribution is 2.38. The Labute approximate surface area is 164 Å². The summed E-state index contributed by atoms with van der Waals surface area (Å²) in [6.45, 7) is 3.02. The van der Waals surface area contributed by atoms with Crippen molar-refractivity contribution in [3.63, 3.8) is 0 Å². The number of carbonyl (C=O) groups is 1. The van der Waals surface area contributed by atoms with Crippen LogP contribution < -0.4 is 10.6 Å². The number of aromatic nitrogens is 2. The Balaban J connectivity index is 1.86. The first-order valence-corrected chi connectivity index (χ1v) is 8.92. The molecule has 2 aromatic heterocycles. The number of pyridine rings is 1. The number of methoxy groups -OCH3 is 1. The molecule has 0 unspecified atom stereocenters. The average Bonchev–Trinajstić information content (AvgIpc) is 3.10. The second kappa shape index (κ2) is 6.72. The highest BCUT2D eigenvalue weighted by Gasteiger charge is 2.32. The van der Waals surface area contributed by atoms with Crippen LogP contribution >= 0.6 is 11.6 Å². The highest BCUT2D eigenvalue weighted by molar-refractivity contribution is 6.36. The van der Waals surface area contributed by atoms with E-state index >= 15 is 0 Å². The predicted octanol–water partition coefficient (Wildman–Crippen LogP) is 3.97. The van der Waals surface area contributed by atoms with Gasteiger partial charge in [-0.3, -0.25) is 4.79 Å². The lowest BCUT2D eigenvalue weighted by Gasteiger charge is -2.37. The molecule has 0 saturated heterocycles. The fourth-order valence-corrected chi connectivity index (χ4v) is 3.67. The number of benzene rings is 1. The minimum Gasteiger partial charge on any atom is -0.382 e. The molecule has 0 aliphatic carbocycles. The lowest BCUT2D eigenvalue weighted by atomic mass is 9.97. The van der Waals surface area contributed by atoms with Gasteiger partial charge in [-0.1, -0.05) is 11.6 Å². The molecule has 0 bridgehead atoms. The molecular weight excluding hydrogens is 390 g/mol. The molecule has 28 heavy (non-hydrogen) atoms. The van der Waals surface area contributed by atoms with Crippen LogP contribution in [-0.4, -0.2) is 41.6 Å². The lowest BCUT2D eigenvalue weighted by molar-refractivity contribution is 0.104. The zero-order valence-corrected chi connectivity index (χ0v) is 15.9. The Kier molecular flexibility index (Phi) is 4.47. The van der Waals surface area contributed by atoms with E-state index in [1.165, 1.54) is 12.3 Å². The van der Waals surface area contributed by atoms with Gasteiger partial charge in [-0.2, -0.15) is 0 Å². The molecule has 3 aromatic rings. The number of nitrogens with zero attached hydrogens (tertiary/aromatic N) is 1. The summed E-state index contributed by atoms with van der Waals surface area (Å²) in [5.41, 5.74) is 1.61. The number of rotatable bonds is 4. The topological polar surface area (TPSA) is 79.0 Å². The van der Waals surface area contributed by atoms with E-state index in [-0.39, 0.29) is 11.1 Å². The van der Waals surface area contributed by atoms with E-state index < -0.39 is 28.0 Å². The zero-order chi connectivity index (χ0) is 20.1. The Hall–Kier alpha value is -2.71. The molecule has 1 aliphatic rings. The van der Waals surface area contributed by atoms with Crippen molar-refractivity contribution in [2.75, 3.05) is 30.9 Å². The largest absolute Gasteiger partial charge is 0.382 e. The number of hydrogen-bond acceptors (Lipinski definition) is 5. The summed E-state index contributed by atoms with van der Waals surface area (Å²) < 4.78 is 32.5. The Bertz CT molecular complexity index is 1100. The summed E-state index contributed by atoms with van der Waals surface area (Å²) in [7, 11) is 1.61. The zero-order valence-electron chi connectivity index (χ0n) is 15.1. The molecule has 0 spiro atoms. The van der Waals surface area contributed by atoms with Gasteiger partial charge >= 0.3 is 0 Å². The van der Waals surface area contributed by atoms with Crippen LogP contribution in [-0.2, 0) is 4.74 Å². The standard InChI is InChI=1S/C19H17ClF2N4O2/c1-19(8-28-2)7-25-12-6-24-18-13(16(12)26-19)10(5-23-18)17(27)9-3-4-11(21)15(22)14(9)20/h3-6,25-26H,7-8H2,1-2H3,(H,23,24)/t19-/m0/s1. The van der Waals surface area contributed by atoms with Crippen LogP contribution in [0.5, 0.6) is 0 Å². The van der Waals surface area contributed by atoms with E-state index in [9.17, 15) is 13.6 Å². The number of hydrogen-bond donors (Lipinski definition) is 3. The van der Waals surface area contributed by atoms with Gasteiger partial charge < -0.3 is 20.4 Å². The summed E-state index contributed by atoms with van der Waals surface area (Å²) in [5.74, 6) is -2.90. The second-order valence-corrected chi connectivity index (χ2v) is 7.38. The van der Waals surface area contributed by atoms with Crippen molar-refractivity contribution in [3.8, 4) is 0 Å². The number of halogens is 3. The molecule has 1 aromatic carbocycles. The number of H-pyrrole nitrogens is 1. The van der Waals surface area contributed by atoms with Crippen molar-refractivity contribution >= 4 is 39.8 Å². The fourth-order valence-electron chi connectivity index (χ4n) is 3.43. The van der Waals surface area contributed by atoms with E-state index in [0.29, 0.717) is 29.9 Å². The molecule has 3 N–H and O–H groups in total. The summed E-state index contributed by atoms with van der Waals surface area (Å²) in [6.07, 6.45) is 3.15. The van der Waals surface area contributed by atoms with Crippen LogP contribution in [0.15, 0.2) is 24.5 Å². The molecule has 0 amide bonds. The van der Waals surface area contributed by atoms with Crippen molar-refractivity contribution < 1.29 is 18.3 Å². The van der Waals surface area contributed by atoms with Gasteiger partial charge in [0, 0.05) is 25.4 Å². The maximum atomic E-state index is 13.9. The highest BCUT2D eigenvalue weighted by atomic mass is 35.5. The van der Waals surface area contributed by atoms with Gasteiger partial charge in [-0.05, 0) is 19.1 Å². The fraction of sp³-hybridized carbons (Fsp3) is 0.263. The number of ketones is 1. The van der Waals surface area contributed by atoms with Gasteiger partial charge in [-0.15, -0.1) is 0 Å². The number of anilines is 2. The molecule has 4 rings (SSSR count). The number of fused-ring (bicyclic) bond motifs is 3. The lowest BCUT2D eigenvalue weighted by Crippen LogP contribution is -2.48. The molecule has 1 aliphatic heterocycles. The van der Waals surface area contributed by atoms with Gasteiger partial charge in [0.2, 0.25) is 0 Å². The molecule has 0 saturated carbocycles. The number of aromatic amines is 1. The third-order valence-corrected chi connectivity index (χ3v) is 5.15. The normalized spacial score (nSPS) is 18.5. The van der Waals surface area contributed by atoms with Gasteiger partial charge in [0.25, 0.3) is 0 Å². The summed E-state index contributed by atoms with van der Waals surface area (Å²) in [4.78, 5) is 20.4. The summed E-state index contributed by atoms with van der Waals surface area (Å²) in [6, 6.07) is 2.05. The SMILES string of the molecule is COC[C@]1(C)CNc2cnc3[nH]cc(C(=O)c4ccc(F)c(F)c4Cl)c3c2N1. The molecular formula is C19H17ClF2N4O2. The Morgan fingerprint density at radius 2 is 2.14 bits per heavy atom. The minimum absolute atomic E-state index is 0.123. The quantitative estimate of drug-likeness (QED) is 0.451. The minimum atomic E-state index is -1.25. The molecule has 0 radical (unpaired) electrons. The third kappa shape index (κ3) is 2.89. The van der Waals surface area contributed by atoms with Gasteiger partial charge in [-0.25, -0.2) is 13.8 Å². The van der Waals surface area contributed by atoms with Crippen molar-refractivity contribution in [1.82, 2.24) is 9.97 Å².